The molecular weight excluding hydrogens is 350 g/mol. The normalized spacial score (nSPS) is 12.5. The van der Waals surface area contributed by atoms with Crippen molar-refractivity contribution in [3.63, 3.8) is 0 Å². The van der Waals surface area contributed by atoms with E-state index in [0.717, 1.165) is 11.1 Å². The number of sulfonamides is 1. The predicted octanol–water partition coefficient (Wildman–Crippen LogP) is 2.86. The van der Waals surface area contributed by atoms with Gasteiger partial charge >= 0.3 is 5.97 Å². The second kappa shape index (κ2) is 7.14. The highest BCUT2D eigenvalue weighted by atomic mass is 32.2. The fraction of sp³-hybridized carbons (Fsp3) is 0.250. The van der Waals surface area contributed by atoms with Gasteiger partial charge in [-0.15, -0.1) is 11.3 Å². The molecule has 2 aromatic rings. The molecule has 0 unspecified atom stereocenters. The maximum absolute atomic E-state index is 12.3. The number of carbonyl (C=O) groups is 2. The molecule has 0 aliphatic carbocycles. The Kier molecular flexibility index (Phi) is 5.40. The summed E-state index contributed by atoms with van der Waals surface area (Å²) in [6.45, 7) is 3.38. The molecule has 1 atom stereocenters. The average molecular weight is 367 g/mol. The van der Waals surface area contributed by atoms with Crippen LogP contribution in [0.3, 0.4) is 0 Å². The molecule has 0 fully saturated rings. The number of Topliss-reactive ketones (excluding diaryl/α,β-unsaturated/α-hetero) is 1. The van der Waals surface area contributed by atoms with Crippen LogP contribution in [0.2, 0.25) is 0 Å². The number of thiophene rings is 1. The number of rotatable bonds is 6. The summed E-state index contributed by atoms with van der Waals surface area (Å²) in [6, 6.07) is 9.38. The van der Waals surface area contributed by atoms with Gasteiger partial charge in [0.25, 0.3) is 0 Å². The first-order chi connectivity index (χ1) is 11.2. The fourth-order valence-corrected chi connectivity index (χ4v) is 3.28. The molecule has 1 aromatic heterocycles. The molecule has 1 heterocycles. The van der Waals surface area contributed by atoms with Crippen molar-refractivity contribution in [1.82, 2.24) is 0 Å². The third-order valence-electron chi connectivity index (χ3n) is 3.07. The highest BCUT2D eigenvalue weighted by Crippen LogP contribution is 2.18. The van der Waals surface area contributed by atoms with E-state index in [4.69, 9.17) is 4.74 Å². The van der Waals surface area contributed by atoms with Crippen molar-refractivity contribution in [2.75, 3.05) is 11.0 Å². The second-order valence-corrected chi connectivity index (χ2v) is 8.31. The summed E-state index contributed by atoms with van der Waals surface area (Å²) in [5, 5.41) is 0. The minimum Gasteiger partial charge on any atom is -0.450 e. The summed E-state index contributed by atoms with van der Waals surface area (Å²) in [6.07, 6.45) is 0.105. The number of benzene rings is 1. The molecule has 128 valence electrons. The van der Waals surface area contributed by atoms with Crippen LogP contribution >= 0.6 is 11.3 Å². The molecule has 0 spiro atoms. The monoisotopic (exact) mass is 367 g/mol. The fourth-order valence-electron chi connectivity index (χ4n) is 1.97. The van der Waals surface area contributed by atoms with Crippen LogP contribution in [0.1, 0.15) is 31.8 Å². The van der Waals surface area contributed by atoms with Gasteiger partial charge in [0.15, 0.2) is 6.10 Å². The number of hydrogen-bond donors (Lipinski definition) is 1. The van der Waals surface area contributed by atoms with E-state index in [1.807, 2.05) is 6.92 Å². The summed E-state index contributed by atoms with van der Waals surface area (Å²) in [5.41, 5.74) is 0.685. The molecule has 1 N–H and O–H groups in total. The molecule has 0 radical (unpaired) electrons. The lowest BCUT2D eigenvalue weighted by atomic mass is 10.1. The number of carbonyl (C=O) groups excluding carboxylic acids is 2. The van der Waals surface area contributed by atoms with Gasteiger partial charge < -0.3 is 4.74 Å². The number of esters is 1. The molecule has 8 heteroatoms. The zero-order valence-corrected chi connectivity index (χ0v) is 15.0. The van der Waals surface area contributed by atoms with Gasteiger partial charge in [-0.05, 0) is 50.2 Å². The molecule has 6 nitrogen and oxygen atoms in total. The van der Waals surface area contributed by atoms with Crippen LogP contribution in [0.15, 0.2) is 36.4 Å². The van der Waals surface area contributed by atoms with E-state index in [2.05, 4.69) is 4.72 Å². The zero-order chi connectivity index (χ0) is 17.9. The predicted molar refractivity (Wildman–Crippen MR) is 93.2 cm³/mol. The van der Waals surface area contributed by atoms with Crippen molar-refractivity contribution >= 4 is 38.8 Å². The topological polar surface area (TPSA) is 89.5 Å². The van der Waals surface area contributed by atoms with Gasteiger partial charge in [-0.3, -0.25) is 9.52 Å². The number of ether oxygens (including phenoxy) is 1. The lowest BCUT2D eigenvalue weighted by Gasteiger charge is -2.12. The van der Waals surface area contributed by atoms with E-state index in [1.165, 1.54) is 42.5 Å². The highest BCUT2D eigenvalue weighted by Gasteiger charge is 2.21. The highest BCUT2D eigenvalue weighted by molar-refractivity contribution is 7.92. The van der Waals surface area contributed by atoms with Gasteiger partial charge in [-0.1, -0.05) is 0 Å². The Labute approximate surface area is 144 Å². The van der Waals surface area contributed by atoms with E-state index in [0.29, 0.717) is 16.1 Å². The Hall–Kier alpha value is -2.19. The Bertz CT molecular complexity index is 853. The summed E-state index contributed by atoms with van der Waals surface area (Å²) in [4.78, 5) is 25.7. The second-order valence-electron chi connectivity index (χ2n) is 5.27. The molecule has 0 aliphatic rings. The van der Waals surface area contributed by atoms with Gasteiger partial charge in [-0.2, -0.15) is 0 Å². The molecule has 0 bridgehead atoms. The molecule has 24 heavy (non-hydrogen) atoms. The molecule has 1 aromatic carbocycles. The van der Waals surface area contributed by atoms with Crippen LogP contribution in [0.25, 0.3) is 0 Å². The molecule has 0 amide bonds. The molecule has 0 saturated carbocycles. The molecule has 2 rings (SSSR count). The van der Waals surface area contributed by atoms with Crippen LogP contribution in [-0.2, 0) is 14.8 Å². The van der Waals surface area contributed by atoms with Gasteiger partial charge in [-0.25, -0.2) is 13.2 Å². The quantitative estimate of drug-likeness (QED) is 0.626. The van der Waals surface area contributed by atoms with Crippen LogP contribution < -0.4 is 4.72 Å². The summed E-state index contributed by atoms with van der Waals surface area (Å²) in [5.74, 6) is -0.896. The first kappa shape index (κ1) is 18.2. The van der Waals surface area contributed by atoms with E-state index in [1.54, 1.807) is 12.1 Å². The molecular formula is C16H17NO5S2. The van der Waals surface area contributed by atoms with Gasteiger partial charge in [0.2, 0.25) is 15.8 Å². The minimum atomic E-state index is -3.37. The van der Waals surface area contributed by atoms with E-state index < -0.39 is 22.1 Å². The maximum atomic E-state index is 12.3. The lowest BCUT2D eigenvalue weighted by molar-refractivity contribution is 0.0323. The van der Waals surface area contributed by atoms with Crippen LogP contribution in [0, 0.1) is 6.92 Å². The van der Waals surface area contributed by atoms with E-state index in [-0.39, 0.29) is 5.78 Å². The first-order valence-corrected chi connectivity index (χ1v) is 9.76. The zero-order valence-electron chi connectivity index (χ0n) is 13.4. The van der Waals surface area contributed by atoms with Gasteiger partial charge in [0, 0.05) is 16.1 Å². The van der Waals surface area contributed by atoms with Gasteiger partial charge in [0.1, 0.15) is 4.88 Å². The lowest BCUT2D eigenvalue weighted by Crippen LogP contribution is -2.24. The number of ketones is 1. The summed E-state index contributed by atoms with van der Waals surface area (Å²) >= 11 is 1.30. The SMILES string of the molecule is Cc1ccc(C(=O)O[C@@H](C)C(=O)c2ccc(NS(C)(=O)=O)cc2)s1. The smallest absolute Gasteiger partial charge is 0.349 e. The van der Waals surface area contributed by atoms with Crippen LogP contribution in [0.4, 0.5) is 5.69 Å². The largest absolute Gasteiger partial charge is 0.450 e. The van der Waals surface area contributed by atoms with Crippen LogP contribution in [0.5, 0.6) is 0 Å². The minimum absolute atomic E-state index is 0.330. The first-order valence-electron chi connectivity index (χ1n) is 7.05. The Morgan fingerprint density at radius 2 is 1.75 bits per heavy atom. The molecule has 0 aliphatic heterocycles. The van der Waals surface area contributed by atoms with Crippen molar-refractivity contribution < 1.29 is 22.7 Å². The van der Waals surface area contributed by atoms with Crippen molar-refractivity contribution in [3.8, 4) is 0 Å². The van der Waals surface area contributed by atoms with Crippen molar-refractivity contribution in [2.45, 2.75) is 20.0 Å². The number of hydrogen-bond acceptors (Lipinski definition) is 6. The Balaban J connectivity index is 2.03. The third-order valence-corrected chi connectivity index (χ3v) is 4.65. The van der Waals surface area contributed by atoms with E-state index in [9.17, 15) is 18.0 Å². The van der Waals surface area contributed by atoms with Gasteiger partial charge in [0.05, 0.1) is 6.26 Å². The van der Waals surface area contributed by atoms with Crippen molar-refractivity contribution in [1.29, 1.82) is 0 Å². The number of anilines is 1. The third kappa shape index (κ3) is 4.90. The van der Waals surface area contributed by atoms with Crippen molar-refractivity contribution in [2.24, 2.45) is 0 Å². The van der Waals surface area contributed by atoms with Crippen LogP contribution in [-0.4, -0.2) is 32.5 Å². The maximum Gasteiger partial charge on any atom is 0.349 e. The standard InChI is InChI=1S/C16H17NO5S2/c1-10-4-9-14(23-10)16(19)22-11(2)15(18)12-5-7-13(8-6-12)17-24(3,20)21/h4-9,11,17H,1-3H3/t11-/m0/s1. The molecule has 0 saturated heterocycles. The Morgan fingerprint density at radius 1 is 1.12 bits per heavy atom. The van der Waals surface area contributed by atoms with E-state index >= 15 is 0 Å². The van der Waals surface area contributed by atoms with Crippen molar-refractivity contribution in [3.05, 3.63) is 51.7 Å². The summed E-state index contributed by atoms with van der Waals surface area (Å²) < 4.78 is 29.8. The Morgan fingerprint density at radius 3 is 2.25 bits per heavy atom. The number of aryl methyl sites for hydroxylation is 1. The summed E-state index contributed by atoms with van der Waals surface area (Å²) in [7, 11) is -3.37. The number of nitrogens with one attached hydrogen (secondary N) is 1. The average Bonchev–Trinajstić information content (AvgIpc) is 2.92.